The molecule has 1 aromatic heterocycles. The van der Waals surface area contributed by atoms with Gasteiger partial charge in [-0.1, -0.05) is 6.92 Å². The Bertz CT molecular complexity index is 303. The summed E-state index contributed by atoms with van der Waals surface area (Å²) in [7, 11) is 0. The number of hydrogen-bond acceptors (Lipinski definition) is 4. The van der Waals surface area contributed by atoms with Crippen LogP contribution in [0.4, 0.5) is 0 Å². The SMILES string of the molecule is CC1(c2ncc(CCN)s2)CCSC1. The summed E-state index contributed by atoms with van der Waals surface area (Å²) in [6.07, 6.45) is 4.25. The molecule has 0 amide bonds. The third-order valence-electron chi connectivity index (χ3n) is 2.68. The number of rotatable bonds is 3. The van der Waals surface area contributed by atoms with Gasteiger partial charge in [0.1, 0.15) is 0 Å². The van der Waals surface area contributed by atoms with Crippen LogP contribution in [0.3, 0.4) is 0 Å². The van der Waals surface area contributed by atoms with Crippen molar-refractivity contribution in [2.24, 2.45) is 5.73 Å². The van der Waals surface area contributed by atoms with Crippen LogP contribution in [0.25, 0.3) is 0 Å². The molecule has 0 radical (unpaired) electrons. The molecule has 78 valence electrons. The molecular weight excluding hydrogens is 212 g/mol. The summed E-state index contributed by atoms with van der Waals surface area (Å²) in [5, 5.41) is 1.31. The molecule has 0 bridgehead atoms. The molecule has 1 aromatic rings. The molecule has 0 saturated carbocycles. The van der Waals surface area contributed by atoms with Crippen LogP contribution in [-0.4, -0.2) is 23.0 Å². The van der Waals surface area contributed by atoms with Crippen molar-refractivity contribution in [1.82, 2.24) is 4.98 Å². The Morgan fingerprint density at radius 3 is 3.14 bits per heavy atom. The zero-order chi connectivity index (χ0) is 10.0. The minimum atomic E-state index is 0.335. The molecule has 0 spiro atoms. The first kappa shape index (κ1) is 10.5. The quantitative estimate of drug-likeness (QED) is 0.860. The number of nitrogens with two attached hydrogens (primary N) is 1. The lowest BCUT2D eigenvalue weighted by Crippen LogP contribution is -2.20. The Kier molecular flexibility index (Phi) is 3.14. The van der Waals surface area contributed by atoms with Gasteiger partial charge in [0.2, 0.25) is 0 Å². The van der Waals surface area contributed by atoms with E-state index in [-0.39, 0.29) is 0 Å². The first-order valence-corrected chi connectivity index (χ1v) is 6.95. The second kappa shape index (κ2) is 4.21. The van der Waals surface area contributed by atoms with Crippen LogP contribution >= 0.6 is 23.1 Å². The molecule has 2 rings (SSSR count). The fourth-order valence-corrected chi connectivity index (χ4v) is 4.34. The minimum Gasteiger partial charge on any atom is -0.330 e. The maximum atomic E-state index is 5.53. The lowest BCUT2D eigenvalue weighted by molar-refractivity contribution is 0.537. The third-order valence-corrected chi connectivity index (χ3v) is 5.38. The zero-order valence-electron chi connectivity index (χ0n) is 8.45. The molecule has 2 N–H and O–H groups in total. The van der Waals surface area contributed by atoms with Gasteiger partial charge in [0.25, 0.3) is 0 Å². The van der Waals surface area contributed by atoms with Gasteiger partial charge in [-0.3, -0.25) is 0 Å². The molecule has 1 aliphatic heterocycles. The minimum absolute atomic E-state index is 0.335. The lowest BCUT2D eigenvalue weighted by atomic mass is 9.91. The Morgan fingerprint density at radius 2 is 2.50 bits per heavy atom. The van der Waals surface area contributed by atoms with Gasteiger partial charge in [0.15, 0.2) is 0 Å². The van der Waals surface area contributed by atoms with Gasteiger partial charge in [0, 0.05) is 22.2 Å². The predicted molar refractivity (Wildman–Crippen MR) is 64.2 cm³/mol. The molecule has 1 atom stereocenters. The predicted octanol–water partition coefficient (Wildman–Crippen LogP) is 2.04. The first-order chi connectivity index (χ1) is 6.74. The van der Waals surface area contributed by atoms with Crippen LogP contribution in [-0.2, 0) is 11.8 Å². The second-order valence-corrected chi connectivity index (χ2v) is 6.25. The van der Waals surface area contributed by atoms with E-state index in [1.165, 1.54) is 27.8 Å². The number of hydrogen-bond donors (Lipinski definition) is 1. The molecule has 0 aromatic carbocycles. The van der Waals surface area contributed by atoms with Gasteiger partial charge in [-0.2, -0.15) is 11.8 Å². The Labute approximate surface area is 93.3 Å². The lowest BCUT2D eigenvalue weighted by Gasteiger charge is -2.18. The van der Waals surface area contributed by atoms with E-state index in [1.54, 1.807) is 0 Å². The van der Waals surface area contributed by atoms with E-state index in [1.807, 2.05) is 29.3 Å². The summed E-state index contributed by atoms with van der Waals surface area (Å²) in [5.41, 5.74) is 5.87. The smallest absolute Gasteiger partial charge is 0.0995 e. The van der Waals surface area contributed by atoms with Crippen molar-refractivity contribution in [3.8, 4) is 0 Å². The van der Waals surface area contributed by atoms with E-state index in [0.29, 0.717) is 5.41 Å². The average molecular weight is 228 g/mol. The van der Waals surface area contributed by atoms with Gasteiger partial charge in [-0.25, -0.2) is 4.98 Å². The van der Waals surface area contributed by atoms with Gasteiger partial charge in [-0.05, 0) is 25.1 Å². The van der Waals surface area contributed by atoms with Crippen LogP contribution < -0.4 is 5.73 Å². The van der Waals surface area contributed by atoms with E-state index < -0.39 is 0 Å². The van der Waals surface area contributed by atoms with Crippen molar-refractivity contribution in [1.29, 1.82) is 0 Å². The zero-order valence-corrected chi connectivity index (χ0v) is 10.1. The Balaban J connectivity index is 2.15. The summed E-state index contributed by atoms with van der Waals surface area (Å²) in [4.78, 5) is 5.87. The highest BCUT2D eigenvalue weighted by Gasteiger charge is 2.33. The summed E-state index contributed by atoms with van der Waals surface area (Å²) in [5.74, 6) is 2.50. The molecule has 4 heteroatoms. The van der Waals surface area contributed by atoms with Gasteiger partial charge in [-0.15, -0.1) is 11.3 Å². The molecule has 14 heavy (non-hydrogen) atoms. The maximum Gasteiger partial charge on any atom is 0.0995 e. The van der Waals surface area contributed by atoms with Crippen LogP contribution in [0.1, 0.15) is 23.2 Å². The van der Waals surface area contributed by atoms with Crippen molar-refractivity contribution in [3.63, 3.8) is 0 Å². The molecule has 1 fully saturated rings. The molecule has 2 heterocycles. The fourth-order valence-electron chi connectivity index (χ4n) is 1.68. The van der Waals surface area contributed by atoms with Crippen molar-refractivity contribution >= 4 is 23.1 Å². The average Bonchev–Trinajstić information content (AvgIpc) is 2.75. The van der Waals surface area contributed by atoms with Gasteiger partial charge < -0.3 is 5.73 Å². The summed E-state index contributed by atoms with van der Waals surface area (Å²) < 4.78 is 0. The van der Waals surface area contributed by atoms with E-state index in [9.17, 15) is 0 Å². The highest BCUT2D eigenvalue weighted by Crippen LogP contribution is 2.40. The number of thioether (sulfide) groups is 1. The summed E-state index contributed by atoms with van der Waals surface area (Å²) in [6.45, 7) is 3.06. The standard InChI is InChI=1S/C10H16N2S2/c1-10(3-5-13-7-10)9-12-6-8(14-9)2-4-11/h6H,2-5,7,11H2,1H3. The largest absolute Gasteiger partial charge is 0.330 e. The van der Waals surface area contributed by atoms with E-state index >= 15 is 0 Å². The van der Waals surface area contributed by atoms with Gasteiger partial charge >= 0.3 is 0 Å². The van der Waals surface area contributed by atoms with Crippen molar-refractivity contribution in [2.45, 2.75) is 25.2 Å². The normalized spacial score (nSPS) is 27.0. The van der Waals surface area contributed by atoms with E-state index in [2.05, 4.69) is 11.9 Å². The third kappa shape index (κ3) is 1.97. The van der Waals surface area contributed by atoms with Crippen LogP contribution in [0.5, 0.6) is 0 Å². The molecular formula is C10H16N2S2. The highest BCUT2D eigenvalue weighted by molar-refractivity contribution is 7.99. The molecule has 1 saturated heterocycles. The van der Waals surface area contributed by atoms with Crippen molar-refractivity contribution in [2.75, 3.05) is 18.1 Å². The Hall–Kier alpha value is -0.0600. The molecule has 0 aliphatic carbocycles. The van der Waals surface area contributed by atoms with Crippen LogP contribution in [0, 0.1) is 0 Å². The summed E-state index contributed by atoms with van der Waals surface area (Å²) >= 11 is 3.89. The fraction of sp³-hybridized carbons (Fsp3) is 0.700. The van der Waals surface area contributed by atoms with Crippen molar-refractivity contribution < 1.29 is 0 Å². The second-order valence-electron chi connectivity index (χ2n) is 4.03. The maximum absolute atomic E-state index is 5.53. The number of nitrogens with zero attached hydrogens (tertiary/aromatic N) is 1. The van der Waals surface area contributed by atoms with Gasteiger partial charge in [0.05, 0.1) is 5.01 Å². The summed E-state index contributed by atoms with van der Waals surface area (Å²) in [6, 6.07) is 0. The monoisotopic (exact) mass is 228 g/mol. The topological polar surface area (TPSA) is 38.9 Å². The molecule has 1 aliphatic rings. The number of aromatic nitrogens is 1. The molecule has 1 unspecified atom stereocenters. The Morgan fingerprint density at radius 1 is 1.64 bits per heavy atom. The highest BCUT2D eigenvalue weighted by atomic mass is 32.2. The first-order valence-electron chi connectivity index (χ1n) is 4.97. The van der Waals surface area contributed by atoms with Crippen LogP contribution in [0.15, 0.2) is 6.20 Å². The van der Waals surface area contributed by atoms with Crippen LogP contribution in [0.2, 0.25) is 0 Å². The van der Waals surface area contributed by atoms with E-state index in [4.69, 9.17) is 5.73 Å². The number of thiazole rings is 1. The molecule has 2 nitrogen and oxygen atoms in total. The van der Waals surface area contributed by atoms with E-state index in [0.717, 1.165) is 13.0 Å². The van der Waals surface area contributed by atoms with Crippen molar-refractivity contribution in [3.05, 3.63) is 16.1 Å².